The molecule has 2 fully saturated rings. The third-order valence-corrected chi connectivity index (χ3v) is 7.70. The van der Waals surface area contributed by atoms with Crippen LogP contribution in [0.2, 0.25) is 0 Å². The molecule has 7 heteroatoms. The molecule has 2 saturated heterocycles. The fourth-order valence-electron chi connectivity index (χ4n) is 5.38. The van der Waals surface area contributed by atoms with Gasteiger partial charge in [-0.3, -0.25) is 9.59 Å². The second-order valence-electron chi connectivity index (χ2n) is 9.91. The molecule has 3 aromatic rings. The minimum atomic E-state index is -0.110. The van der Waals surface area contributed by atoms with E-state index in [4.69, 9.17) is 0 Å². The van der Waals surface area contributed by atoms with Gasteiger partial charge >= 0.3 is 0 Å². The van der Waals surface area contributed by atoms with Crippen LogP contribution in [0.3, 0.4) is 0 Å². The molecule has 0 bridgehead atoms. The number of amides is 1. The van der Waals surface area contributed by atoms with E-state index >= 15 is 0 Å². The Morgan fingerprint density at radius 2 is 1.74 bits per heavy atom. The monoisotopic (exact) mass is 461 g/mol. The van der Waals surface area contributed by atoms with Gasteiger partial charge in [0.15, 0.2) is 0 Å². The van der Waals surface area contributed by atoms with E-state index in [1.54, 1.807) is 21.5 Å². The molecule has 5 rings (SSSR count). The number of hydrogen-bond donors (Lipinski definition) is 0. The van der Waals surface area contributed by atoms with Crippen LogP contribution in [0.25, 0.3) is 16.8 Å². The minimum absolute atomic E-state index is 0.110. The molecule has 7 nitrogen and oxygen atoms in total. The maximum atomic E-state index is 13.1. The number of rotatable bonds is 5. The topological polar surface area (TPSA) is 62.9 Å². The van der Waals surface area contributed by atoms with E-state index in [9.17, 15) is 9.59 Å². The van der Waals surface area contributed by atoms with Gasteiger partial charge in [-0.25, -0.2) is 4.52 Å². The summed E-state index contributed by atoms with van der Waals surface area (Å²) < 4.78 is 3.27. The van der Waals surface area contributed by atoms with Crippen LogP contribution in [0.1, 0.15) is 49.7 Å². The molecule has 180 valence electrons. The average molecular weight is 462 g/mol. The summed E-state index contributed by atoms with van der Waals surface area (Å²) >= 11 is 0. The van der Waals surface area contributed by atoms with Crippen molar-refractivity contribution in [3.63, 3.8) is 0 Å². The Morgan fingerprint density at radius 1 is 0.971 bits per heavy atom. The third kappa shape index (κ3) is 4.67. The van der Waals surface area contributed by atoms with Gasteiger partial charge in [0.25, 0.3) is 5.56 Å². The molecule has 1 aromatic carbocycles. The van der Waals surface area contributed by atoms with Crippen molar-refractivity contribution in [2.24, 2.45) is 0 Å². The normalized spacial score (nSPS) is 18.0. The first kappa shape index (κ1) is 22.8. The van der Waals surface area contributed by atoms with Crippen LogP contribution in [0.5, 0.6) is 0 Å². The molecule has 0 spiro atoms. The van der Waals surface area contributed by atoms with E-state index in [0.29, 0.717) is 24.5 Å². The lowest BCUT2D eigenvalue weighted by Crippen LogP contribution is -2.48. The van der Waals surface area contributed by atoms with Crippen LogP contribution in [-0.2, 0) is 11.3 Å². The number of aromatic nitrogens is 3. The van der Waals surface area contributed by atoms with Gasteiger partial charge in [0.2, 0.25) is 5.91 Å². The standard InChI is InChI=1S/C27H35N5O2/c1-20-6-7-22(18-21(20)2)24-19-25-27(34)31(16-17-32(25)28-24)15-10-26(33)30-13-8-23(9-14-30)29-11-4-3-5-12-29/h6-7,16-19,23H,3-5,8-15H2,1-2H3. The largest absolute Gasteiger partial charge is 0.343 e. The van der Waals surface area contributed by atoms with Crippen molar-refractivity contribution >= 4 is 11.4 Å². The van der Waals surface area contributed by atoms with Gasteiger partial charge in [-0.1, -0.05) is 18.6 Å². The zero-order valence-electron chi connectivity index (χ0n) is 20.4. The van der Waals surface area contributed by atoms with Crippen molar-refractivity contribution in [2.75, 3.05) is 26.2 Å². The van der Waals surface area contributed by atoms with E-state index in [-0.39, 0.29) is 11.5 Å². The Hall–Kier alpha value is -2.93. The summed E-state index contributed by atoms with van der Waals surface area (Å²) in [7, 11) is 0. The van der Waals surface area contributed by atoms with E-state index in [1.807, 2.05) is 17.0 Å². The molecule has 0 atom stereocenters. The molecule has 0 aliphatic carbocycles. The van der Waals surface area contributed by atoms with Crippen molar-refractivity contribution in [3.05, 3.63) is 58.1 Å². The predicted octanol–water partition coefficient (Wildman–Crippen LogP) is 3.65. The van der Waals surface area contributed by atoms with Crippen LogP contribution in [-0.4, -0.2) is 62.1 Å². The van der Waals surface area contributed by atoms with Gasteiger partial charge in [-0.05, 0) is 75.9 Å². The highest BCUT2D eigenvalue weighted by molar-refractivity contribution is 5.76. The predicted molar refractivity (Wildman–Crippen MR) is 134 cm³/mol. The fraction of sp³-hybridized carbons (Fsp3) is 0.519. The highest BCUT2D eigenvalue weighted by atomic mass is 16.2. The average Bonchev–Trinajstić information content (AvgIpc) is 3.31. The molecule has 2 aliphatic rings. The summed E-state index contributed by atoms with van der Waals surface area (Å²) in [6, 6.07) is 8.69. The second-order valence-corrected chi connectivity index (χ2v) is 9.91. The van der Waals surface area contributed by atoms with Gasteiger partial charge in [0, 0.05) is 50.1 Å². The number of fused-ring (bicyclic) bond motifs is 1. The van der Waals surface area contributed by atoms with Crippen molar-refractivity contribution in [3.8, 4) is 11.3 Å². The van der Waals surface area contributed by atoms with Crippen molar-refractivity contribution in [1.82, 2.24) is 24.0 Å². The summed E-state index contributed by atoms with van der Waals surface area (Å²) in [5.41, 5.74) is 4.64. The van der Waals surface area contributed by atoms with Crippen molar-refractivity contribution < 1.29 is 4.79 Å². The molecular weight excluding hydrogens is 426 g/mol. The minimum Gasteiger partial charge on any atom is -0.343 e. The smallest absolute Gasteiger partial charge is 0.276 e. The van der Waals surface area contributed by atoms with Crippen LogP contribution < -0.4 is 5.56 Å². The number of aryl methyl sites for hydroxylation is 3. The molecule has 0 unspecified atom stereocenters. The van der Waals surface area contributed by atoms with Crippen LogP contribution in [0.15, 0.2) is 41.5 Å². The highest BCUT2D eigenvalue weighted by Crippen LogP contribution is 2.22. The van der Waals surface area contributed by atoms with Gasteiger partial charge < -0.3 is 14.4 Å². The Labute approximate surface area is 201 Å². The first-order valence-electron chi connectivity index (χ1n) is 12.7. The molecule has 2 aromatic heterocycles. The lowest BCUT2D eigenvalue weighted by Gasteiger charge is -2.40. The Bertz CT molecular complexity index is 1230. The lowest BCUT2D eigenvalue weighted by atomic mass is 10.00. The lowest BCUT2D eigenvalue weighted by molar-refractivity contribution is -0.133. The van der Waals surface area contributed by atoms with Gasteiger partial charge in [-0.15, -0.1) is 0 Å². The van der Waals surface area contributed by atoms with Crippen LogP contribution >= 0.6 is 0 Å². The number of carbonyl (C=O) groups is 1. The second kappa shape index (κ2) is 9.74. The summed E-state index contributed by atoms with van der Waals surface area (Å²) in [6.07, 6.45) is 9.98. The third-order valence-electron chi connectivity index (χ3n) is 7.70. The maximum Gasteiger partial charge on any atom is 0.276 e. The highest BCUT2D eigenvalue weighted by Gasteiger charge is 2.27. The number of piperidine rings is 2. The molecular formula is C27H35N5O2. The zero-order chi connectivity index (χ0) is 23.7. The Morgan fingerprint density at radius 3 is 2.47 bits per heavy atom. The summed E-state index contributed by atoms with van der Waals surface area (Å²) in [5, 5.41) is 4.59. The van der Waals surface area contributed by atoms with Crippen LogP contribution in [0, 0.1) is 13.8 Å². The maximum absolute atomic E-state index is 13.1. The summed E-state index contributed by atoms with van der Waals surface area (Å²) in [4.78, 5) is 30.5. The SMILES string of the molecule is Cc1ccc(-c2cc3c(=O)n(CCC(=O)N4CCC(N5CCCCC5)CC4)ccn3n2)cc1C. The van der Waals surface area contributed by atoms with Gasteiger partial charge in [-0.2, -0.15) is 5.10 Å². The number of carbonyl (C=O) groups excluding carboxylic acids is 1. The van der Waals surface area contributed by atoms with Gasteiger partial charge in [0.1, 0.15) is 5.52 Å². The van der Waals surface area contributed by atoms with Crippen LogP contribution in [0.4, 0.5) is 0 Å². The van der Waals surface area contributed by atoms with Crippen molar-refractivity contribution in [2.45, 2.75) is 65.0 Å². The van der Waals surface area contributed by atoms with E-state index in [1.165, 1.54) is 43.5 Å². The first-order chi connectivity index (χ1) is 16.5. The molecule has 0 radical (unpaired) electrons. The molecule has 0 N–H and O–H groups in total. The van der Waals surface area contributed by atoms with Crippen molar-refractivity contribution in [1.29, 1.82) is 0 Å². The number of likely N-dealkylation sites (tertiary alicyclic amines) is 2. The molecule has 4 heterocycles. The molecule has 1 amide bonds. The number of nitrogens with zero attached hydrogens (tertiary/aromatic N) is 5. The van der Waals surface area contributed by atoms with E-state index in [0.717, 1.165) is 37.2 Å². The summed E-state index contributed by atoms with van der Waals surface area (Å²) in [6.45, 7) is 8.64. The molecule has 2 aliphatic heterocycles. The molecule has 0 saturated carbocycles. The number of hydrogen-bond acceptors (Lipinski definition) is 4. The Balaban J connectivity index is 1.22. The Kier molecular flexibility index (Phi) is 6.55. The van der Waals surface area contributed by atoms with Gasteiger partial charge in [0.05, 0.1) is 5.69 Å². The van der Waals surface area contributed by atoms with E-state index < -0.39 is 0 Å². The van der Waals surface area contributed by atoms with E-state index in [2.05, 4.69) is 36.0 Å². The fourth-order valence-corrected chi connectivity index (χ4v) is 5.38. The quantitative estimate of drug-likeness (QED) is 0.582. The molecule has 34 heavy (non-hydrogen) atoms. The first-order valence-corrected chi connectivity index (χ1v) is 12.7. The summed E-state index contributed by atoms with van der Waals surface area (Å²) in [5.74, 6) is 0.146. The number of benzene rings is 1. The zero-order valence-corrected chi connectivity index (χ0v) is 20.4.